The minimum atomic E-state index is -0.461. The molecule has 3 aromatic carbocycles. The van der Waals surface area contributed by atoms with Crippen molar-refractivity contribution in [2.45, 2.75) is 6.92 Å². The molecule has 1 heterocycles. The normalized spacial score (nSPS) is 11.5. The summed E-state index contributed by atoms with van der Waals surface area (Å²) in [6.07, 6.45) is 5.32. The molecule has 0 saturated heterocycles. The van der Waals surface area contributed by atoms with Gasteiger partial charge in [0.2, 0.25) is 0 Å². The van der Waals surface area contributed by atoms with Crippen LogP contribution in [0.15, 0.2) is 84.5 Å². The molecule has 0 saturated carbocycles. The zero-order valence-electron chi connectivity index (χ0n) is 15.2. The molecule has 0 aliphatic heterocycles. The van der Waals surface area contributed by atoms with Crippen molar-refractivity contribution in [3.05, 3.63) is 90.5 Å². The smallest absolute Gasteiger partial charge is 0.275 e. The van der Waals surface area contributed by atoms with E-state index in [4.69, 9.17) is 0 Å². The van der Waals surface area contributed by atoms with Gasteiger partial charge in [0.05, 0.1) is 17.6 Å². The van der Waals surface area contributed by atoms with Crippen LogP contribution in [0.5, 0.6) is 5.75 Å². The number of nitrogens with zero attached hydrogens (tertiary/aromatic N) is 3. The van der Waals surface area contributed by atoms with Gasteiger partial charge in [-0.3, -0.25) is 4.79 Å². The quantitative estimate of drug-likeness (QED) is 0.423. The molecule has 0 unspecified atom stereocenters. The first-order valence-electron chi connectivity index (χ1n) is 8.77. The van der Waals surface area contributed by atoms with Crippen molar-refractivity contribution < 1.29 is 9.90 Å². The first-order valence-corrected chi connectivity index (χ1v) is 8.77. The fourth-order valence-corrected chi connectivity index (χ4v) is 2.96. The van der Waals surface area contributed by atoms with Gasteiger partial charge in [0, 0.05) is 18.1 Å². The number of rotatable bonds is 4. The van der Waals surface area contributed by atoms with Crippen LogP contribution in [0, 0.1) is 0 Å². The first kappa shape index (κ1) is 17.5. The molecule has 28 heavy (non-hydrogen) atoms. The third-order valence-corrected chi connectivity index (χ3v) is 4.52. The van der Waals surface area contributed by atoms with E-state index in [1.54, 1.807) is 24.7 Å². The number of benzene rings is 3. The first-order chi connectivity index (χ1) is 13.6. The van der Waals surface area contributed by atoms with Gasteiger partial charge < -0.3 is 9.67 Å². The average molecular weight is 370 g/mol. The van der Waals surface area contributed by atoms with E-state index in [1.807, 2.05) is 66.2 Å². The second-order valence-corrected chi connectivity index (χ2v) is 6.37. The lowest BCUT2D eigenvalue weighted by Crippen LogP contribution is -2.19. The van der Waals surface area contributed by atoms with Crippen LogP contribution in [0.4, 0.5) is 0 Å². The fraction of sp³-hybridized carbons (Fsp3) is 0.0455. The number of phenolic OH excluding ortho intramolecular Hbond substituents is 1. The molecule has 0 aliphatic rings. The van der Waals surface area contributed by atoms with E-state index < -0.39 is 5.91 Å². The second-order valence-electron chi connectivity index (χ2n) is 6.37. The molecule has 1 aromatic heterocycles. The number of hydrogen-bond donors (Lipinski definition) is 2. The third-order valence-electron chi connectivity index (χ3n) is 4.52. The van der Waals surface area contributed by atoms with Gasteiger partial charge >= 0.3 is 0 Å². The number of hydrogen-bond acceptors (Lipinski definition) is 4. The fourth-order valence-electron chi connectivity index (χ4n) is 2.96. The summed E-state index contributed by atoms with van der Waals surface area (Å²) < 4.78 is 1.90. The minimum Gasteiger partial charge on any atom is -0.507 e. The molecule has 0 aliphatic carbocycles. The van der Waals surface area contributed by atoms with Crippen molar-refractivity contribution in [2.24, 2.45) is 5.10 Å². The van der Waals surface area contributed by atoms with E-state index in [-0.39, 0.29) is 11.3 Å². The summed E-state index contributed by atoms with van der Waals surface area (Å²) in [6.45, 7) is 1.81. The Bertz CT molecular complexity index is 1160. The van der Waals surface area contributed by atoms with Crippen LogP contribution < -0.4 is 5.43 Å². The number of aromatic hydroxyl groups is 1. The molecule has 1 amide bonds. The summed E-state index contributed by atoms with van der Waals surface area (Å²) in [4.78, 5) is 16.5. The molecular weight excluding hydrogens is 352 g/mol. The van der Waals surface area contributed by atoms with E-state index in [0.29, 0.717) is 5.71 Å². The van der Waals surface area contributed by atoms with Crippen LogP contribution in [0.25, 0.3) is 16.5 Å². The molecule has 0 spiro atoms. The number of nitrogens with one attached hydrogen (secondary N) is 1. The van der Waals surface area contributed by atoms with Gasteiger partial charge in [-0.25, -0.2) is 10.4 Å². The van der Waals surface area contributed by atoms with Gasteiger partial charge in [-0.15, -0.1) is 0 Å². The molecule has 0 atom stereocenters. The van der Waals surface area contributed by atoms with Gasteiger partial charge in [-0.2, -0.15) is 5.10 Å². The summed E-state index contributed by atoms with van der Waals surface area (Å²) in [7, 11) is 0. The number of phenols is 1. The molecule has 0 radical (unpaired) electrons. The predicted octanol–water partition coefficient (Wildman–Crippen LogP) is 3.89. The maximum Gasteiger partial charge on any atom is 0.275 e. The molecule has 0 bridgehead atoms. The van der Waals surface area contributed by atoms with Gasteiger partial charge in [0.1, 0.15) is 5.75 Å². The Hall–Kier alpha value is -3.93. The number of aromatic nitrogens is 2. The highest BCUT2D eigenvalue weighted by Crippen LogP contribution is 2.24. The molecule has 6 nitrogen and oxygen atoms in total. The van der Waals surface area contributed by atoms with Crippen molar-refractivity contribution in [2.75, 3.05) is 0 Å². The van der Waals surface area contributed by atoms with E-state index in [9.17, 15) is 9.90 Å². The van der Waals surface area contributed by atoms with Crippen LogP contribution in [-0.4, -0.2) is 26.3 Å². The molecule has 6 heteroatoms. The third kappa shape index (κ3) is 3.48. The maximum atomic E-state index is 12.5. The van der Waals surface area contributed by atoms with Crippen LogP contribution in [0.3, 0.4) is 0 Å². The Morgan fingerprint density at radius 3 is 2.46 bits per heavy atom. The zero-order chi connectivity index (χ0) is 19.5. The van der Waals surface area contributed by atoms with Gasteiger partial charge in [-0.05, 0) is 47.5 Å². The lowest BCUT2D eigenvalue weighted by atomic mass is 10.1. The van der Waals surface area contributed by atoms with E-state index in [1.165, 1.54) is 0 Å². The SMILES string of the molecule is C/C(=N/NC(=O)c1cc2ccccc2cc1O)c1ccc(-n2ccnc2)cc1. The lowest BCUT2D eigenvalue weighted by Gasteiger charge is -2.07. The topological polar surface area (TPSA) is 79.5 Å². The zero-order valence-corrected chi connectivity index (χ0v) is 15.2. The van der Waals surface area contributed by atoms with E-state index in [2.05, 4.69) is 15.5 Å². The molecule has 4 rings (SSSR count). The maximum absolute atomic E-state index is 12.5. The Labute approximate surface area is 161 Å². The number of carbonyl (C=O) groups is 1. The van der Waals surface area contributed by atoms with Crippen molar-refractivity contribution in [3.63, 3.8) is 0 Å². The monoisotopic (exact) mass is 370 g/mol. The van der Waals surface area contributed by atoms with Crippen LogP contribution in [-0.2, 0) is 0 Å². The van der Waals surface area contributed by atoms with Crippen LogP contribution in [0.2, 0.25) is 0 Å². The number of amides is 1. The van der Waals surface area contributed by atoms with E-state index in [0.717, 1.165) is 22.0 Å². The summed E-state index contributed by atoms with van der Waals surface area (Å²) in [6, 6.07) is 18.5. The van der Waals surface area contributed by atoms with Crippen molar-refractivity contribution in [1.29, 1.82) is 0 Å². The molecule has 4 aromatic rings. The summed E-state index contributed by atoms with van der Waals surface area (Å²) in [5.41, 5.74) is 5.23. The average Bonchev–Trinajstić information content (AvgIpc) is 3.26. The van der Waals surface area contributed by atoms with Crippen LogP contribution in [0.1, 0.15) is 22.8 Å². The standard InChI is InChI=1S/C22H18N4O2/c1-15(16-6-8-19(9-7-16)26-11-10-23-14-26)24-25-22(28)20-12-17-4-2-3-5-18(17)13-21(20)27/h2-14,27H,1H3,(H,25,28)/b24-15-. The Balaban J connectivity index is 1.52. The number of imidazole rings is 1. The second kappa shape index (κ2) is 7.36. The Morgan fingerprint density at radius 1 is 1.07 bits per heavy atom. The highest BCUT2D eigenvalue weighted by atomic mass is 16.3. The number of carbonyl (C=O) groups excluding carboxylic acids is 1. The van der Waals surface area contributed by atoms with Crippen molar-refractivity contribution in [3.8, 4) is 11.4 Å². The van der Waals surface area contributed by atoms with Crippen molar-refractivity contribution >= 4 is 22.4 Å². The van der Waals surface area contributed by atoms with Gasteiger partial charge in [-0.1, -0.05) is 36.4 Å². The molecular formula is C22H18N4O2. The predicted molar refractivity (Wildman–Crippen MR) is 109 cm³/mol. The van der Waals surface area contributed by atoms with Crippen molar-refractivity contribution in [1.82, 2.24) is 15.0 Å². The Kier molecular flexibility index (Phi) is 4.60. The summed E-state index contributed by atoms with van der Waals surface area (Å²) in [5.74, 6) is -0.536. The largest absolute Gasteiger partial charge is 0.507 e. The van der Waals surface area contributed by atoms with E-state index >= 15 is 0 Å². The minimum absolute atomic E-state index is 0.0752. The molecule has 2 N–H and O–H groups in total. The Morgan fingerprint density at radius 2 is 1.79 bits per heavy atom. The van der Waals surface area contributed by atoms with Crippen LogP contribution >= 0.6 is 0 Å². The lowest BCUT2D eigenvalue weighted by molar-refractivity contribution is 0.0952. The highest BCUT2D eigenvalue weighted by molar-refractivity contribution is 6.03. The number of fused-ring (bicyclic) bond motifs is 1. The summed E-state index contributed by atoms with van der Waals surface area (Å²) >= 11 is 0. The number of hydrazone groups is 1. The summed E-state index contributed by atoms with van der Waals surface area (Å²) in [5, 5.41) is 16.1. The van der Waals surface area contributed by atoms with Gasteiger partial charge in [0.15, 0.2) is 0 Å². The van der Waals surface area contributed by atoms with Gasteiger partial charge in [0.25, 0.3) is 5.91 Å². The highest BCUT2D eigenvalue weighted by Gasteiger charge is 2.12. The molecule has 138 valence electrons. The molecule has 0 fully saturated rings.